The summed E-state index contributed by atoms with van der Waals surface area (Å²) in [6.07, 6.45) is 4.15. The lowest BCUT2D eigenvalue weighted by atomic mass is 9.65. The second kappa shape index (κ2) is 10.5. The van der Waals surface area contributed by atoms with E-state index in [0.29, 0.717) is 23.4 Å². The molecule has 6 heteroatoms. The summed E-state index contributed by atoms with van der Waals surface area (Å²) < 4.78 is 13.2. The maximum atomic E-state index is 11.3. The number of aliphatic hydroxyl groups is 1. The summed E-state index contributed by atoms with van der Waals surface area (Å²) >= 11 is 0. The summed E-state index contributed by atoms with van der Waals surface area (Å²) in [5.41, 5.74) is 4.83. The number of aliphatic hydroxyl groups excluding tert-OH is 1. The average molecular weight is 507 g/mol. The topological polar surface area (TPSA) is 71.0 Å². The molecule has 200 valence electrons. The third-order valence-electron chi connectivity index (χ3n) is 8.37. The first kappa shape index (κ1) is 26.4. The van der Waals surface area contributed by atoms with Crippen LogP contribution in [0.25, 0.3) is 0 Å². The standard InChI is InChI=1S/C31H42N2O4/c1-21(35)32-16-22-5-11-25(12-6-22)29-36-27(13-28(37-29)24-9-7-23(18-34)8-10-24)17-33-20-31(4)15-26(33)14-30(2,3)19-31/h5-12,26-29,34H,13-20H2,1-4H3,(H,32,35)/t26?,27-,28+,29+,31?/m1/s1. The van der Waals surface area contributed by atoms with Gasteiger partial charge in [0.15, 0.2) is 6.29 Å². The predicted molar refractivity (Wildman–Crippen MR) is 143 cm³/mol. The number of hydrogen-bond acceptors (Lipinski definition) is 5. The Morgan fingerprint density at radius 3 is 2.35 bits per heavy atom. The van der Waals surface area contributed by atoms with Gasteiger partial charge in [-0.2, -0.15) is 0 Å². The first-order chi connectivity index (χ1) is 17.6. The SMILES string of the molecule is CC(=O)NCc1ccc([C@H]2O[C@@H](CN3CC4(C)CC3CC(C)(C)C4)C[C@@H](c3ccc(CO)cc3)O2)cc1. The summed E-state index contributed by atoms with van der Waals surface area (Å²) in [6, 6.07) is 16.8. The molecule has 0 spiro atoms. The van der Waals surface area contributed by atoms with Gasteiger partial charge in [-0.3, -0.25) is 9.69 Å². The normalized spacial score (nSPS) is 31.3. The highest BCUT2D eigenvalue weighted by atomic mass is 16.7. The highest BCUT2D eigenvalue weighted by Gasteiger charge is 2.50. The first-order valence-electron chi connectivity index (χ1n) is 13.7. The lowest BCUT2D eigenvalue weighted by Gasteiger charge is -2.41. The average Bonchev–Trinajstić information content (AvgIpc) is 3.10. The van der Waals surface area contributed by atoms with Crippen LogP contribution in [0.2, 0.25) is 0 Å². The van der Waals surface area contributed by atoms with Gasteiger partial charge in [-0.25, -0.2) is 0 Å². The fraction of sp³-hybridized carbons (Fsp3) is 0.581. The van der Waals surface area contributed by atoms with Crippen LogP contribution in [0.5, 0.6) is 0 Å². The van der Waals surface area contributed by atoms with Crippen LogP contribution in [0.1, 0.15) is 88.0 Å². The van der Waals surface area contributed by atoms with E-state index in [2.05, 4.69) is 43.1 Å². The number of nitrogens with one attached hydrogen (secondary N) is 1. The number of benzene rings is 2. The van der Waals surface area contributed by atoms with Crippen molar-refractivity contribution < 1.29 is 19.4 Å². The highest BCUT2D eigenvalue weighted by Crippen LogP contribution is 2.53. The van der Waals surface area contributed by atoms with E-state index in [1.165, 1.54) is 26.2 Å². The van der Waals surface area contributed by atoms with Crippen molar-refractivity contribution >= 4 is 5.91 Å². The minimum Gasteiger partial charge on any atom is -0.392 e. The Morgan fingerprint density at radius 2 is 1.68 bits per heavy atom. The molecule has 6 nitrogen and oxygen atoms in total. The minimum absolute atomic E-state index is 0.0374. The van der Waals surface area contributed by atoms with Gasteiger partial charge in [0.25, 0.3) is 0 Å². The van der Waals surface area contributed by atoms with Crippen LogP contribution in [0.15, 0.2) is 48.5 Å². The van der Waals surface area contributed by atoms with Crippen LogP contribution in [-0.2, 0) is 27.4 Å². The summed E-state index contributed by atoms with van der Waals surface area (Å²) in [7, 11) is 0. The third-order valence-corrected chi connectivity index (χ3v) is 8.37. The molecular formula is C31H42N2O4. The van der Waals surface area contributed by atoms with E-state index in [4.69, 9.17) is 9.47 Å². The summed E-state index contributed by atoms with van der Waals surface area (Å²) in [4.78, 5) is 14.0. The van der Waals surface area contributed by atoms with E-state index in [9.17, 15) is 9.90 Å². The van der Waals surface area contributed by atoms with Gasteiger partial charge in [-0.05, 0) is 46.8 Å². The van der Waals surface area contributed by atoms with Crippen molar-refractivity contribution in [2.45, 2.75) is 91.1 Å². The number of carbonyl (C=O) groups excluding carboxylic acids is 1. The predicted octanol–water partition coefficient (Wildman–Crippen LogP) is 5.26. The maximum Gasteiger partial charge on any atom is 0.217 e. The zero-order valence-electron chi connectivity index (χ0n) is 22.7. The molecule has 2 saturated heterocycles. The molecule has 3 aliphatic rings. The maximum absolute atomic E-state index is 11.3. The van der Waals surface area contributed by atoms with Crippen LogP contribution >= 0.6 is 0 Å². The van der Waals surface area contributed by atoms with E-state index >= 15 is 0 Å². The third kappa shape index (κ3) is 6.26. The van der Waals surface area contributed by atoms with Gasteiger partial charge in [0.1, 0.15) is 0 Å². The van der Waals surface area contributed by atoms with Crippen molar-refractivity contribution in [3.63, 3.8) is 0 Å². The van der Waals surface area contributed by atoms with Gasteiger partial charge in [-0.1, -0.05) is 69.3 Å². The van der Waals surface area contributed by atoms with E-state index in [1.807, 2.05) is 36.4 Å². The zero-order chi connectivity index (χ0) is 26.2. The molecule has 2 N–H and O–H groups in total. The van der Waals surface area contributed by atoms with Crippen molar-refractivity contribution in [3.8, 4) is 0 Å². The van der Waals surface area contributed by atoms with Gasteiger partial charge in [0.2, 0.25) is 5.91 Å². The Labute approximate surface area is 221 Å². The van der Waals surface area contributed by atoms with Gasteiger partial charge in [0.05, 0.1) is 18.8 Å². The highest BCUT2D eigenvalue weighted by molar-refractivity contribution is 5.72. The molecule has 2 aromatic carbocycles. The molecule has 2 unspecified atom stereocenters. The van der Waals surface area contributed by atoms with Gasteiger partial charge >= 0.3 is 0 Å². The van der Waals surface area contributed by atoms with Crippen molar-refractivity contribution in [3.05, 3.63) is 70.8 Å². The molecule has 37 heavy (non-hydrogen) atoms. The largest absolute Gasteiger partial charge is 0.392 e. The summed E-state index contributed by atoms with van der Waals surface area (Å²) in [6.45, 7) is 11.4. The second-order valence-corrected chi connectivity index (χ2v) is 12.6. The van der Waals surface area contributed by atoms with Crippen molar-refractivity contribution in [1.82, 2.24) is 10.2 Å². The fourth-order valence-corrected chi connectivity index (χ4v) is 7.10. The number of hydrogen-bond donors (Lipinski definition) is 2. The Bertz CT molecular complexity index is 1080. The molecule has 0 aromatic heterocycles. The summed E-state index contributed by atoms with van der Waals surface area (Å²) in [5, 5.41) is 12.3. The molecule has 5 rings (SSSR count). The number of fused-ring (bicyclic) bond motifs is 2. The van der Waals surface area contributed by atoms with Crippen molar-refractivity contribution in [1.29, 1.82) is 0 Å². The molecule has 2 aromatic rings. The molecule has 1 amide bonds. The van der Waals surface area contributed by atoms with Gasteiger partial charge in [-0.15, -0.1) is 0 Å². The number of ether oxygens (including phenoxy) is 2. The molecule has 2 heterocycles. The Kier molecular flexibility index (Phi) is 7.47. The van der Waals surface area contributed by atoms with Gasteiger partial charge < -0.3 is 19.9 Å². The van der Waals surface area contributed by atoms with E-state index in [1.54, 1.807) is 0 Å². The van der Waals surface area contributed by atoms with Crippen LogP contribution in [0.4, 0.5) is 0 Å². The Hall–Kier alpha value is -2.25. The smallest absolute Gasteiger partial charge is 0.217 e. The molecule has 1 aliphatic carbocycles. The molecule has 2 aliphatic heterocycles. The Morgan fingerprint density at radius 1 is 1.00 bits per heavy atom. The van der Waals surface area contributed by atoms with Crippen LogP contribution in [0.3, 0.4) is 0 Å². The van der Waals surface area contributed by atoms with Crippen molar-refractivity contribution in [2.24, 2.45) is 10.8 Å². The lowest BCUT2D eigenvalue weighted by molar-refractivity contribution is -0.253. The molecule has 0 radical (unpaired) electrons. The number of nitrogens with zero attached hydrogens (tertiary/aromatic N) is 1. The second-order valence-electron chi connectivity index (χ2n) is 12.6. The monoisotopic (exact) mass is 506 g/mol. The molecule has 3 fully saturated rings. The Balaban J connectivity index is 1.34. The van der Waals surface area contributed by atoms with E-state index < -0.39 is 6.29 Å². The number of rotatable bonds is 7. The number of amides is 1. The molecule has 5 atom stereocenters. The molecule has 1 saturated carbocycles. The fourth-order valence-electron chi connectivity index (χ4n) is 7.10. The first-order valence-corrected chi connectivity index (χ1v) is 13.7. The van der Waals surface area contributed by atoms with Crippen molar-refractivity contribution in [2.75, 3.05) is 13.1 Å². The quantitative estimate of drug-likeness (QED) is 0.536. The van der Waals surface area contributed by atoms with Crippen LogP contribution < -0.4 is 5.32 Å². The van der Waals surface area contributed by atoms with Crippen LogP contribution in [-0.4, -0.2) is 41.1 Å². The van der Waals surface area contributed by atoms with Gasteiger partial charge in [0, 0.05) is 44.6 Å². The lowest BCUT2D eigenvalue weighted by Crippen LogP contribution is -2.42. The zero-order valence-corrected chi connectivity index (χ0v) is 22.7. The van der Waals surface area contributed by atoms with Crippen LogP contribution in [0, 0.1) is 10.8 Å². The summed E-state index contributed by atoms with van der Waals surface area (Å²) in [5.74, 6) is -0.0374. The minimum atomic E-state index is -0.454. The molecule has 2 bridgehead atoms. The molecular weight excluding hydrogens is 464 g/mol. The van der Waals surface area contributed by atoms with E-state index in [-0.39, 0.29) is 24.7 Å². The number of likely N-dealkylation sites (tertiary alicyclic amines) is 1. The number of carbonyl (C=O) groups is 1. The van der Waals surface area contributed by atoms with E-state index in [0.717, 1.165) is 41.8 Å².